The number of carboxylic acids is 1. The number of rotatable bonds is 3. The molecular weight excluding hydrogens is 371 g/mol. The fourth-order valence-electron chi connectivity index (χ4n) is 3.05. The Labute approximate surface area is 151 Å². The van der Waals surface area contributed by atoms with E-state index < -0.39 is 34.7 Å². The molecule has 0 fully saturated rings. The third-order valence-electron chi connectivity index (χ3n) is 4.32. The van der Waals surface area contributed by atoms with Gasteiger partial charge in [-0.2, -0.15) is 13.2 Å². The zero-order valence-corrected chi connectivity index (χ0v) is 14.0. The highest BCUT2D eigenvalue weighted by atomic mass is 35.5. The molecule has 4 nitrogen and oxygen atoms in total. The van der Waals surface area contributed by atoms with E-state index in [4.69, 9.17) is 16.7 Å². The van der Waals surface area contributed by atoms with Gasteiger partial charge in [-0.15, -0.1) is 0 Å². The van der Waals surface area contributed by atoms with Crippen LogP contribution in [0.5, 0.6) is 0 Å². The molecule has 136 valence electrons. The van der Waals surface area contributed by atoms with E-state index in [9.17, 15) is 22.8 Å². The number of benzene rings is 2. The average Bonchev–Trinajstić information content (AvgIpc) is 2.96. The molecule has 1 aliphatic carbocycles. The number of carbonyl (C=O) groups excluding carboxylic acids is 1. The standard InChI is InChI=1S/C18H13ClF3NO3/c19-15-11(2-1-3-13(15)18(20,21)22)16(24)23-14-7-6-9-4-5-10(17(25)26)8-12(9)14/h1-5,8,14H,6-7H2,(H,23,24)(H,25,26)/t14-/m1/s1. The Balaban J connectivity index is 1.87. The lowest BCUT2D eigenvalue weighted by atomic mass is 10.0. The van der Waals surface area contributed by atoms with Crippen LogP contribution in [0.2, 0.25) is 5.02 Å². The van der Waals surface area contributed by atoms with E-state index in [1.807, 2.05) is 0 Å². The highest BCUT2D eigenvalue weighted by Gasteiger charge is 2.35. The molecule has 0 spiro atoms. The second-order valence-electron chi connectivity index (χ2n) is 5.95. The van der Waals surface area contributed by atoms with Gasteiger partial charge in [-0.3, -0.25) is 4.79 Å². The lowest BCUT2D eigenvalue weighted by molar-refractivity contribution is -0.137. The van der Waals surface area contributed by atoms with Crippen molar-refractivity contribution in [2.45, 2.75) is 25.1 Å². The van der Waals surface area contributed by atoms with Crippen LogP contribution in [0.1, 0.15) is 49.9 Å². The molecule has 0 aliphatic heterocycles. The smallest absolute Gasteiger partial charge is 0.417 e. The van der Waals surface area contributed by atoms with Crippen molar-refractivity contribution in [2.24, 2.45) is 0 Å². The summed E-state index contributed by atoms with van der Waals surface area (Å²) in [5.41, 5.74) is 0.287. The Morgan fingerprint density at radius 2 is 1.92 bits per heavy atom. The molecule has 0 saturated carbocycles. The summed E-state index contributed by atoms with van der Waals surface area (Å²) in [5, 5.41) is 11.1. The topological polar surface area (TPSA) is 66.4 Å². The van der Waals surface area contributed by atoms with Crippen LogP contribution in [-0.2, 0) is 12.6 Å². The minimum atomic E-state index is -4.66. The van der Waals surface area contributed by atoms with Gasteiger partial charge in [0.2, 0.25) is 0 Å². The fourth-order valence-corrected chi connectivity index (χ4v) is 3.37. The molecule has 0 saturated heterocycles. The molecule has 0 radical (unpaired) electrons. The first kappa shape index (κ1) is 18.3. The first-order chi connectivity index (χ1) is 12.2. The summed E-state index contributed by atoms with van der Waals surface area (Å²) >= 11 is 5.78. The van der Waals surface area contributed by atoms with E-state index in [0.717, 1.165) is 17.7 Å². The third kappa shape index (κ3) is 3.39. The van der Waals surface area contributed by atoms with E-state index >= 15 is 0 Å². The monoisotopic (exact) mass is 383 g/mol. The molecule has 1 aliphatic rings. The average molecular weight is 384 g/mol. The predicted molar refractivity (Wildman–Crippen MR) is 88.4 cm³/mol. The van der Waals surface area contributed by atoms with Crippen LogP contribution < -0.4 is 5.32 Å². The second-order valence-corrected chi connectivity index (χ2v) is 6.33. The van der Waals surface area contributed by atoms with E-state index in [1.54, 1.807) is 6.07 Å². The molecule has 0 bridgehead atoms. The lowest BCUT2D eigenvalue weighted by Crippen LogP contribution is -2.28. The van der Waals surface area contributed by atoms with Gasteiger partial charge < -0.3 is 10.4 Å². The summed E-state index contributed by atoms with van der Waals surface area (Å²) in [4.78, 5) is 23.6. The maximum absolute atomic E-state index is 12.9. The molecular formula is C18H13ClF3NO3. The van der Waals surface area contributed by atoms with Gasteiger partial charge in [0.15, 0.2) is 0 Å². The minimum Gasteiger partial charge on any atom is -0.478 e. The Bertz CT molecular complexity index is 896. The predicted octanol–water partition coefficient (Wildman–Crippen LogP) is 4.47. The Morgan fingerprint density at radius 1 is 1.19 bits per heavy atom. The molecule has 2 N–H and O–H groups in total. The van der Waals surface area contributed by atoms with Crippen LogP contribution in [0.4, 0.5) is 13.2 Å². The van der Waals surface area contributed by atoms with Crippen molar-refractivity contribution in [3.63, 3.8) is 0 Å². The van der Waals surface area contributed by atoms with Crippen molar-refractivity contribution < 1.29 is 27.9 Å². The third-order valence-corrected chi connectivity index (χ3v) is 4.73. The van der Waals surface area contributed by atoms with Crippen molar-refractivity contribution in [3.05, 3.63) is 69.2 Å². The maximum atomic E-state index is 12.9. The quantitative estimate of drug-likeness (QED) is 0.821. The normalized spacial score (nSPS) is 16.2. The first-order valence-electron chi connectivity index (χ1n) is 7.71. The molecule has 1 amide bonds. The highest BCUT2D eigenvalue weighted by molar-refractivity contribution is 6.34. The van der Waals surface area contributed by atoms with Crippen LogP contribution in [0.25, 0.3) is 0 Å². The number of aryl methyl sites for hydroxylation is 1. The summed E-state index contributed by atoms with van der Waals surface area (Å²) in [5.74, 6) is -1.83. The van der Waals surface area contributed by atoms with Crippen molar-refractivity contribution in [3.8, 4) is 0 Å². The van der Waals surface area contributed by atoms with Gasteiger partial charge >= 0.3 is 12.1 Å². The summed E-state index contributed by atoms with van der Waals surface area (Å²) in [6, 6.07) is 7.30. The number of aromatic carboxylic acids is 1. The molecule has 0 unspecified atom stereocenters. The van der Waals surface area contributed by atoms with Gasteiger partial charge in [0.1, 0.15) is 0 Å². The number of nitrogens with one attached hydrogen (secondary N) is 1. The summed E-state index contributed by atoms with van der Waals surface area (Å²) in [6.45, 7) is 0. The van der Waals surface area contributed by atoms with Crippen LogP contribution in [0.15, 0.2) is 36.4 Å². The van der Waals surface area contributed by atoms with Crippen molar-refractivity contribution in [2.75, 3.05) is 0 Å². The molecule has 0 aromatic heterocycles. The van der Waals surface area contributed by atoms with E-state index in [0.29, 0.717) is 18.4 Å². The number of fused-ring (bicyclic) bond motifs is 1. The summed E-state index contributed by atoms with van der Waals surface area (Å²) in [7, 11) is 0. The number of halogens is 4. The van der Waals surface area contributed by atoms with Crippen LogP contribution in [0, 0.1) is 0 Å². The zero-order valence-electron chi connectivity index (χ0n) is 13.2. The Hall–Kier alpha value is -2.54. The molecule has 8 heteroatoms. The minimum absolute atomic E-state index is 0.0852. The SMILES string of the molecule is O=C(O)c1ccc2c(c1)[C@H](NC(=O)c1cccc(C(F)(F)F)c1Cl)CC2. The van der Waals surface area contributed by atoms with E-state index in [2.05, 4.69) is 5.32 Å². The lowest BCUT2D eigenvalue weighted by Gasteiger charge is -2.17. The van der Waals surface area contributed by atoms with Crippen molar-refractivity contribution >= 4 is 23.5 Å². The molecule has 1 atom stereocenters. The van der Waals surface area contributed by atoms with Gasteiger partial charge in [0.05, 0.1) is 27.8 Å². The molecule has 2 aromatic carbocycles. The summed E-state index contributed by atoms with van der Waals surface area (Å²) < 4.78 is 38.8. The van der Waals surface area contributed by atoms with Crippen molar-refractivity contribution in [1.82, 2.24) is 5.32 Å². The van der Waals surface area contributed by atoms with Gasteiger partial charge in [-0.1, -0.05) is 23.7 Å². The van der Waals surface area contributed by atoms with E-state index in [1.165, 1.54) is 18.2 Å². The molecule has 0 heterocycles. The molecule has 2 aromatic rings. The van der Waals surface area contributed by atoms with Crippen LogP contribution >= 0.6 is 11.6 Å². The van der Waals surface area contributed by atoms with E-state index in [-0.39, 0.29) is 11.1 Å². The Morgan fingerprint density at radius 3 is 2.58 bits per heavy atom. The number of amides is 1. The number of carbonyl (C=O) groups is 2. The van der Waals surface area contributed by atoms with Crippen LogP contribution in [0.3, 0.4) is 0 Å². The highest BCUT2D eigenvalue weighted by Crippen LogP contribution is 2.37. The molecule has 26 heavy (non-hydrogen) atoms. The van der Waals surface area contributed by atoms with Crippen LogP contribution in [-0.4, -0.2) is 17.0 Å². The maximum Gasteiger partial charge on any atom is 0.417 e. The summed E-state index contributed by atoms with van der Waals surface area (Å²) in [6.07, 6.45) is -3.50. The fraction of sp³-hybridized carbons (Fsp3) is 0.222. The van der Waals surface area contributed by atoms with Crippen molar-refractivity contribution in [1.29, 1.82) is 0 Å². The van der Waals surface area contributed by atoms with Gasteiger partial charge in [-0.05, 0) is 48.2 Å². The van der Waals surface area contributed by atoms with Gasteiger partial charge in [0.25, 0.3) is 5.91 Å². The van der Waals surface area contributed by atoms with Gasteiger partial charge in [-0.25, -0.2) is 4.79 Å². The number of hydrogen-bond donors (Lipinski definition) is 2. The Kier molecular flexibility index (Phi) is 4.66. The van der Waals surface area contributed by atoms with Gasteiger partial charge in [0, 0.05) is 0 Å². The number of carboxylic acid groups (broad SMARTS) is 1. The zero-order chi connectivity index (χ0) is 19.1. The first-order valence-corrected chi connectivity index (χ1v) is 8.09. The molecule has 3 rings (SSSR count). The number of hydrogen-bond acceptors (Lipinski definition) is 2. The largest absolute Gasteiger partial charge is 0.478 e. The number of alkyl halides is 3. The second kappa shape index (κ2) is 6.64.